The van der Waals surface area contributed by atoms with Gasteiger partial charge in [-0.2, -0.15) is 0 Å². The second-order valence-electron chi connectivity index (χ2n) is 4.68. The van der Waals surface area contributed by atoms with Crippen LogP contribution in [0.1, 0.15) is 33.2 Å². The zero-order chi connectivity index (χ0) is 13.3. The number of halogens is 2. The molecule has 0 saturated carbocycles. The number of benzene rings is 2. The van der Waals surface area contributed by atoms with Gasteiger partial charge in [0.05, 0.1) is 5.38 Å². The Hall–Kier alpha value is -0.980. The summed E-state index contributed by atoms with van der Waals surface area (Å²) < 4.78 is 0. The zero-order valence-electron chi connectivity index (χ0n) is 10.8. The van der Waals surface area contributed by atoms with Gasteiger partial charge in [-0.15, -0.1) is 11.6 Å². The first-order valence-corrected chi connectivity index (χ1v) is 6.78. The zero-order valence-corrected chi connectivity index (χ0v) is 12.3. The second kappa shape index (κ2) is 5.34. The molecule has 0 N–H and O–H groups in total. The van der Waals surface area contributed by atoms with Crippen molar-refractivity contribution in [1.82, 2.24) is 0 Å². The molecule has 1 unspecified atom stereocenters. The van der Waals surface area contributed by atoms with Crippen LogP contribution in [0, 0.1) is 20.8 Å². The molecule has 2 aromatic carbocycles. The Labute approximate surface area is 119 Å². The Morgan fingerprint density at radius 2 is 1.67 bits per heavy atom. The standard InChI is InChI=1S/C16H16Cl2/c1-10-7-8-13(11(2)9-10)16(18)14-5-4-6-15(17)12(14)3/h4-9,16H,1-3H3. The van der Waals surface area contributed by atoms with E-state index in [2.05, 4.69) is 32.0 Å². The molecule has 0 spiro atoms. The summed E-state index contributed by atoms with van der Waals surface area (Å²) in [4.78, 5) is 0. The molecular weight excluding hydrogens is 263 g/mol. The van der Waals surface area contributed by atoms with E-state index >= 15 is 0 Å². The van der Waals surface area contributed by atoms with Gasteiger partial charge in [-0.25, -0.2) is 0 Å². The first kappa shape index (κ1) is 13.5. The first-order valence-electron chi connectivity index (χ1n) is 5.97. The van der Waals surface area contributed by atoms with Crippen LogP contribution < -0.4 is 0 Å². The molecule has 18 heavy (non-hydrogen) atoms. The Bertz CT molecular complexity index is 573. The molecule has 0 saturated heterocycles. The third kappa shape index (κ3) is 2.55. The molecule has 0 radical (unpaired) electrons. The predicted octanol–water partition coefficient (Wildman–Crippen LogP) is 5.59. The fourth-order valence-electron chi connectivity index (χ4n) is 2.18. The molecule has 0 heterocycles. The minimum absolute atomic E-state index is 0.149. The van der Waals surface area contributed by atoms with E-state index in [1.165, 1.54) is 11.1 Å². The number of rotatable bonds is 2. The quantitative estimate of drug-likeness (QED) is 0.628. The van der Waals surface area contributed by atoms with Crippen molar-refractivity contribution in [3.8, 4) is 0 Å². The van der Waals surface area contributed by atoms with Crippen molar-refractivity contribution < 1.29 is 0 Å². The van der Waals surface area contributed by atoms with Crippen molar-refractivity contribution in [3.63, 3.8) is 0 Å². The summed E-state index contributed by atoms with van der Waals surface area (Å²) in [5.74, 6) is 0. The molecule has 1 atom stereocenters. The smallest absolute Gasteiger partial charge is 0.0841 e. The van der Waals surface area contributed by atoms with Crippen molar-refractivity contribution in [1.29, 1.82) is 0 Å². The molecule has 2 heteroatoms. The van der Waals surface area contributed by atoms with E-state index in [1.54, 1.807) is 0 Å². The first-order chi connectivity index (χ1) is 8.50. The average Bonchev–Trinajstić information content (AvgIpc) is 2.32. The lowest BCUT2D eigenvalue weighted by molar-refractivity contribution is 1.08. The van der Waals surface area contributed by atoms with Gasteiger partial charge in [0.15, 0.2) is 0 Å². The molecule has 0 nitrogen and oxygen atoms in total. The predicted molar refractivity (Wildman–Crippen MR) is 79.8 cm³/mol. The molecule has 0 aromatic heterocycles. The molecule has 2 rings (SSSR count). The molecular formula is C16H16Cl2. The number of aryl methyl sites for hydroxylation is 2. The summed E-state index contributed by atoms with van der Waals surface area (Å²) in [6.07, 6.45) is 0. The highest BCUT2D eigenvalue weighted by Gasteiger charge is 2.16. The fourth-order valence-corrected chi connectivity index (χ4v) is 2.84. The highest BCUT2D eigenvalue weighted by atomic mass is 35.5. The third-order valence-electron chi connectivity index (χ3n) is 3.28. The van der Waals surface area contributed by atoms with Crippen molar-refractivity contribution in [2.24, 2.45) is 0 Å². The Morgan fingerprint density at radius 1 is 0.944 bits per heavy atom. The van der Waals surface area contributed by atoms with Crippen LogP contribution in [0.3, 0.4) is 0 Å². The summed E-state index contributed by atoms with van der Waals surface area (Å²) in [6, 6.07) is 12.2. The summed E-state index contributed by atoms with van der Waals surface area (Å²) in [5.41, 5.74) is 5.75. The third-order valence-corrected chi connectivity index (χ3v) is 4.16. The maximum Gasteiger partial charge on any atom is 0.0841 e. The van der Waals surface area contributed by atoms with Crippen LogP contribution >= 0.6 is 23.2 Å². The van der Waals surface area contributed by atoms with E-state index in [4.69, 9.17) is 23.2 Å². The lowest BCUT2D eigenvalue weighted by atomic mass is 9.96. The number of hydrogen-bond acceptors (Lipinski definition) is 0. The Balaban J connectivity index is 2.48. The van der Waals surface area contributed by atoms with Crippen LogP contribution in [0.15, 0.2) is 36.4 Å². The minimum Gasteiger partial charge on any atom is -0.113 e. The second-order valence-corrected chi connectivity index (χ2v) is 5.52. The van der Waals surface area contributed by atoms with Gasteiger partial charge in [-0.05, 0) is 49.1 Å². The molecule has 0 aliphatic heterocycles. The van der Waals surface area contributed by atoms with E-state index in [0.717, 1.165) is 21.7 Å². The average molecular weight is 279 g/mol. The van der Waals surface area contributed by atoms with Crippen molar-refractivity contribution >= 4 is 23.2 Å². The maximum absolute atomic E-state index is 6.61. The van der Waals surface area contributed by atoms with Gasteiger partial charge in [-0.1, -0.05) is 47.5 Å². The van der Waals surface area contributed by atoms with Gasteiger partial charge in [0.1, 0.15) is 0 Å². The summed E-state index contributed by atoms with van der Waals surface area (Å²) >= 11 is 12.8. The number of hydrogen-bond donors (Lipinski definition) is 0. The van der Waals surface area contributed by atoms with E-state index in [-0.39, 0.29) is 5.38 Å². The molecule has 94 valence electrons. The lowest BCUT2D eigenvalue weighted by Gasteiger charge is -2.16. The van der Waals surface area contributed by atoms with Crippen LogP contribution in [0.5, 0.6) is 0 Å². The van der Waals surface area contributed by atoms with E-state index < -0.39 is 0 Å². The highest BCUT2D eigenvalue weighted by molar-refractivity contribution is 6.31. The molecule has 0 aliphatic rings. The van der Waals surface area contributed by atoms with Crippen molar-refractivity contribution in [3.05, 3.63) is 69.2 Å². The van der Waals surface area contributed by atoms with Gasteiger partial charge >= 0.3 is 0 Å². The maximum atomic E-state index is 6.61. The Morgan fingerprint density at radius 3 is 2.33 bits per heavy atom. The van der Waals surface area contributed by atoms with E-state index in [0.29, 0.717) is 0 Å². The van der Waals surface area contributed by atoms with Gasteiger partial charge in [0, 0.05) is 5.02 Å². The molecule has 0 bridgehead atoms. The summed E-state index contributed by atoms with van der Waals surface area (Å²) in [7, 11) is 0. The monoisotopic (exact) mass is 278 g/mol. The van der Waals surface area contributed by atoms with Crippen LogP contribution in [0.2, 0.25) is 5.02 Å². The van der Waals surface area contributed by atoms with Crippen LogP contribution in [-0.4, -0.2) is 0 Å². The van der Waals surface area contributed by atoms with Crippen molar-refractivity contribution in [2.45, 2.75) is 26.1 Å². The minimum atomic E-state index is -0.149. The lowest BCUT2D eigenvalue weighted by Crippen LogP contribution is -1.99. The van der Waals surface area contributed by atoms with E-state index in [9.17, 15) is 0 Å². The SMILES string of the molecule is Cc1ccc(C(Cl)c2cccc(Cl)c2C)c(C)c1. The Kier molecular flexibility index (Phi) is 3.99. The normalized spacial score (nSPS) is 12.5. The fraction of sp³-hybridized carbons (Fsp3) is 0.250. The molecule has 2 aromatic rings. The number of alkyl halides is 1. The topological polar surface area (TPSA) is 0 Å². The largest absolute Gasteiger partial charge is 0.113 e. The molecule has 0 aliphatic carbocycles. The van der Waals surface area contributed by atoms with Crippen LogP contribution in [0.4, 0.5) is 0 Å². The molecule has 0 fully saturated rings. The van der Waals surface area contributed by atoms with Gasteiger partial charge in [-0.3, -0.25) is 0 Å². The summed E-state index contributed by atoms with van der Waals surface area (Å²) in [6.45, 7) is 6.19. The van der Waals surface area contributed by atoms with Crippen LogP contribution in [-0.2, 0) is 0 Å². The van der Waals surface area contributed by atoms with Crippen LogP contribution in [0.25, 0.3) is 0 Å². The van der Waals surface area contributed by atoms with Gasteiger partial charge in [0.2, 0.25) is 0 Å². The molecule has 0 amide bonds. The summed E-state index contributed by atoms with van der Waals surface area (Å²) in [5, 5.41) is 0.618. The van der Waals surface area contributed by atoms with Gasteiger partial charge < -0.3 is 0 Å². The van der Waals surface area contributed by atoms with Gasteiger partial charge in [0.25, 0.3) is 0 Å². The van der Waals surface area contributed by atoms with Crippen molar-refractivity contribution in [2.75, 3.05) is 0 Å². The van der Waals surface area contributed by atoms with E-state index in [1.807, 2.05) is 25.1 Å². The highest BCUT2D eigenvalue weighted by Crippen LogP contribution is 2.35.